The Morgan fingerprint density at radius 3 is 2.55 bits per heavy atom. The summed E-state index contributed by atoms with van der Waals surface area (Å²) in [5, 5.41) is 10.2. The van der Waals surface area contributed by atoms with E-state index in [1.54, 1.807) is 18.9 Å². The van der Waals surface area contributed by atoms with Crippen molar-refractivity contribution in [2.45, 2.75) is 81.8 Å². The van der Waals surface area contributed by atoms with Gasteiger partial charge in [-0.05, 0) is 48.9 Å². The van der Waals surface area contributed by atoms with Gasteiger partial charge in [-0.1, -0.05) is 87.2 Å². The number of methoxy groups -OCH3 is 1. The number of unbranched alkanes of at least 4 members (excludes halogenated alkanes) is 2. The second-order valence-electron chi connectivity index (χ2n) is 10.8. The maximum absolute atomic E-state index is 14.6. The van der Waals surface area contributed by atoms with Gasteiger partial charge >= 0.3 is 0 Å². The number of hydrogen-bond donors (Lipinski definition) is 0. The highest BCUT2D eigenvalue weighted by Crippen LogP contribution is 2.49. The third kappa shape index (κ3) is 4.35. The molecule has 7 heteroatoms. The lowest BCUT2D eigenvalue weighted by molar-refractivity contribution is 0.283. The molecule has 2 aliphatic rings. The Kier molecular flexibility index (Phi) is 7.04. The first-order valence-electron chi connectivity index (χ1n) is 14.0. The van der Waals surface area contributed by atoms with E-state index in [0.717, 1.165) is 64.7 Å². The van der Waals surface area contributed by atoms with Gasteiger partial charge in [0.2, 0.25) is 5.78 Å². The number of fused-ring (bicyclic) bond motifs is 6. The molecule has 0 unspecified atom stereocenters. The quantitative estimate of drug-likeness (QED) is 0.189. The van der Waals surface area contributed by atoms with Crippen LogP contribution >= 0.6 is 11.8 Å². The Bertz CT molecular complexity index is 1500. The highest BCUT2D eigenvalue weighted by atomic mass is 32.2. The number of benzene rings is 2. The monoisotopic (exact) mass is 528 g/mol. The van der Waals surface area contributed by atoms with Gasteiger partial charge in [-0.15, -0.1) is 10.2 Å². The summed E-state index contributed by atoms with van der Waals surface area (Å²) < 4.78 is 9.44. The fourth-order valence-electron chi connectivity index (χ4n) is 6.48. The third-order valence-electron chi connectivity index (χ3n) is 8.40. The van der Waals surface area contributed by atoms with Crippen LogP contribution in [0.1, 0.15) is 75.0 Å². The average Bonchev–Trinajstić information content (AvgIpc) is 3.37. The van der Waals surface area contributed by atoms with Crippen LogP contribution in [0, 0.1) is 0 Å². The minimum Gasteiger partial charge on any atom is -0.497 e. The minimum absolute atomic E-state index is 0.0923. The lowest BCUT2D eigenvalue weighted by atomic mass is 9.62. The molecule has 38 heavy (non-hydrogen) atoms. The Morgan fingerprint density at radius 1 is 1.00 bits per heavy atom. The lowest BCUT2D eigenvalue weighted by Crippen LogP contribution is -2.43. The molecule has 6 rings (SSSR count). The number of rotatable bonds is 8. The van der Waals surface area contributed by atoms with Crippen molar-refractivity contribution >= 4 is 17.5 Å². The number of hydrogen-bond acceptors (Lipinski definition) is 5. The van der Waals surface area contributed by atoms with Gasteiger partial charge in [-0.2, -0.15) is 0 Å². The summed E-state index contributed by atoms with van der Waals surface area (Å²) in [5.41, 5.74) is 5.51. The van der Waals surface area contributed by atoms with Gasteiger partial charge in [0.05, 0.1) is 19.3 Å². The molecule has 2 aliphatic carbocycles. The zero-order chi connectivity index (χ0) is 26.1. The first-order valence-corrected chi connectivity index (χ1v) is 15.0. The molecule has 1 spiro atoms. The molecule has 198 valence electrons. The molecule has 2 aromatic heterocycles. The Labute approximate surface area is 228 Å². The SMILES string of the molecule is CCCCCSc1nnc2n(Cc3ccc(OC)cc3)c(=O)c3c(n12)-c1ccccc1CC31CCCCC1. The Balaban J connectivity index is 1.60. The Morgan fingerprint density at radius 2 is 1.79 bits per heavy atom. The summed E-state index contributed by atoms with van der Waals surface area (Å²) >= 11 is 1.76. The summed E-state index contributed by atoms with van der Waals surface area (Å²) in [6.45, 7) is 2.68. The van der Waals surface area contributed by atoms with E-state index >= 15 is 0 Å². The molecule has 0 N–H and O–H groups in total. The van der Waals surface area contributed by atoms with Crippen LogP contribution in [-0.2, 0) is 18.4 Å². The van der Waals surface area contributed by atoms with Gasteiger partial charge in [0.15, 0.2) is 5.16 Å². The molecular weight excluding hydrogens is 492 g/mol. The molecule has 2 aromatic carbocycles. The van der Waals surface area contributed by atoms with Crippen LogP contribution in [0.3, 0.4) is 0 Å². The van der Waals surface area contributed by atoms with Gasteiger partial charge in [0, 0.05) is 22.3 Å². The van der Waals surface area contributed by atoms with Crippen molar-refractivity contribution in [3.8, 4) is 17.0 Å². The van der Waals surface area contributed by atoms with Crippen molar-refractivity contribution in [1.82, 2.24) is 19.2 Å². The average molecular weight is 529 g/mol. The number of nitrogens with zero attached hydrogens (tertiary/aromatic N) is 4. The first-order chi connectivity index (χ1) is 18.6. The molecular formula is C31H36N4O2S. The van der Waals surface area contributed by atoms with E-state index in [4.69, 9.17) is 4.74 Å². The molecule has 0 aliphatic heterocycles. The van der Waals surface area contributed by atoms with Gasteiger partial charge in [0.25, 0.3) is 5.56 Å². The predicted octanol–water partition coefficient (Wildman–Crippen LogP) is 6.66. The highest BCUT2D eigenvalue weighted by Gasteiger charge is 2.44. The van der Waals surface area contributed by atoms with Crippen molar-refractivity contribution in [2.24, 2.45) is 0 Å². The highest BCUT2D eigenvalue weighted by molar-refractivity contribution is 7.99. The van der Waals surface area contributed by atoms with E-state index < -0.39 is 0 Å². The summed E-state index contributed by atoms with van der Waals surface area (Å²) in [7, 11) is 1.67. The molecule has 0 amide bonds. The van der Waals surface area contributed by atoms with E-state index in [1.807, 2.05) is 28.8 Å². The summed E-state index contributed by atoms with van der Waals surface area (Å²) in [6, 6.07) is 16.6. The van der Waals surface area contributed by atoms with Crippen molar-refractivity contribution in [3.63, 3.8) is 0 Å². The van der Waals surface area contributed by atoms with Crippen molar-refractivity contribution in [2.75, 3.05) is 12.9 Å². The molecule has 6 nitrogen and oxygen atoms in total. The van der Waals surface area contributed by atoms with Crippen LogP contribution < -0.4 is 10.3 Å². The molecule has 0 saturated heterocycles. The van der Waals surface area contributed by atoms with Crippen molar-refractivity contribution in [3.05, 3.63) is 75.6 Å². The third-order valence-corrected chi connectivity index (χ3v) is 9.41. The normalized spacial score (nSPS) is 15.9. The molecule has 4 aromatic rings. The van der Waals surface area contributed by atoms with Gasteiger partial charge in [0.1, 0.15) is 5.75 Å². The fraction of sp³-hybridized carbons (Fsp3) is 0.452. The molecule has 0 atom stereocenters. The molecule has 0 radical (unpaired) electrons. The zero-order valence-electron chi connectivity index (χ0n) is 22.4. The van der Waals surface area contributed by atoms with Crippen molar-refractivity contribution in [1.29, 1.82) is 0 Å². The zero-order valence-corrected chi connectivity index (χ0v) is 23.2. The van der Waals surface area contributed by atoms with Crippen LogP contribution in [0.25, 0.3) is 17.0 Å². The largest absolute Gasteiger partial charge is 0.497 e. The summed E-state index contributed by atoms with van der Waals surface area (Å²) in [5.74, 6) is 2.43. The molecule has 1 fully saturated rings. The van der Waals surface area contributed by atoms with E-state index in [-0.39, 0.29) is 11.0 Å². The lowest BCUT2D eigenvalue weighted by Gasteiger charge is -2.42. The van der Waals surface area contributed by atoms with Crippen LogP contribution in [0.2, 0.25) is 0 Å². The molecule has 1 saturated carbocycles. The fourth-order valence-corrected chi connectivity index (χ4v) is 7.42. The van der Waals surface area contributed by atoms with E-state index in [1.165, 1.54) is 37.7 Å². The van der Waals surface area contributed by atoms with Crippen LogP contribution in [-0.4, -0.2) is 32.0 Å². The van der Waals surface area contributed by atoms with E-state index in [2.05, 4.69) is 45.8 Å². The topological polar surface area (TPSA) is 61.4 Å². The smallest absolute Gasteiger partial charge is 0.259 e. The van der Waals surface area contributed by atoms with Crippen LogP contribution in [0.4, 0.5) is 0 Å². The maximum Gasteiger partial charge on any atom is 0.259 e. The summed E-state index contributed by atoms with van der Waals surface area (Å²) in [4.78, 5) is 14.6. The van der Waals surface area contributed by atoms with E-state index in [0.29, 0.717) is 12.3 Å². The second kappa shape index (κ2) is 10.6. The minimum atomic E-state index is -0.136. The number of aromatic nitrogens is 4. The number of ether oxygens (including phenoxy) is 1. The van der Waals surface area contributed by atoms with Crippen LogP contribution in [0.5, 0.6) is 5.75 Å². The first kappa shape index (κ1) is 25.2. The van der Waals surface area contributed by atoms with Gasteiger partial charge < -0.3 is 4.74 Å². The van der Waals surface area contributed by atoms with Crippen LogP contribution in [0.15, 0.2) is 58.5 Å². The maximum atomic E-state index is 14.6. The summed E-state index contributed by atoms with van der Waals surface area (Å²) in [6.07, 6.45) is 10.1. The second-order valence-corrected chi connectivity index (χ2v) is 11.9. The van der Waals surface area contributed by atoms with Gasteiger partial charge in [-0.3, -0.25) is 13.8 Å². The van der Waals surface area contributed by atoms with E-state index in [9.17, 15) is 4.79 Å². The number of thioether (sulfide) groups is 1. The Hall–Kier alpha value is -3.06. The molecule has 0 bridgehead atoms. The predicted molar refractivity (Wildman–Crippen MR) is 153 cm³/mol. The van der Waals surface area contributed by atoms with Gasteiger partial charge in [-0.25, -0.2) is 0 Å². The molecule has 2 heterocycles. The van der Waals surface area contributed by atoms with Crippen molar-refractivity contribution < 1.29 is 4.74 Å². The standard InChI is InChI=1S/C31H36N4O2S/c1-3-4-10-19-38-30-33-32-29-34(21-22-13-15-24(37-2)16-14-22)28(36)26-27(35(29)30)25-12-7-6-11-23(25)20-31(26)17-8-5-9-18-31/h6-7,11-16H,3-5,8-10,17-21H2,1-2H3.